The topological polar surface area (TPSA) is 53.1 Å². The van der Waals surface area contributed by atoms with Crippen LogP contribution in [0.5, 0.6) is 0 Å². The molecule has 0 aromatic carbocycles. The molecule has 1 saturated heterocycles. The third kappa shape index (κ3) is 4.07. The number of likely N-dealkylation sites (tertiary alicyclic amines) is 1. The summed E-state index contributed by atoms with van der Waals surface area (Å²) in [5, 5.41) is 6.60. The number of nitrogens with one attached hydrogen (secondary N) is 2. The van der Waals surface area contributed by atoms with E-state index in [9.17, 15) is 0 Å². The molecule has 1 aromatic heterocycles. The lowest BCUT2D eigenvalue weighted by Crippen LogP contribution is -2.35. The normalized spacial score (nSPS) is 20.1. The number of anilines is 2. The largest absolute Gasteiger partial charge is 0.373 e. The number of hydrogen-bond donors (Lipinski definition) is 2. The molecule has 1 fully saturated rings. The first-order valence-electron chi connectivity index (χ1n) is 7.57. The molecule has 1 unspecified atom stereocenters. The van der Waals surface area contributed by atoms with Crippen molar-refractivity contribution in [2.24, 2.45) is 5.92 Å². The fraction of sp³-hybridized carbons (Fsp3) is 0.733. The third-order valence-corrected chi connectivity index (χ3v) is 3.81. The molecule has 2 N–H and O–H groups in total. The zero-order valence-electron chi connectivity index (χ0n) is 13.1. The maximum atomic E-state index is 4.61. The highest BCUT2D eigenvalue weighted by Gasteiger charge is 2.17. The van der Waals surface area contributed by atoms with Crippen molar-refractivity contribution in [1.29, 1.82) is 0 Å². The summed E-state index contributed by atoms with van der Waals surface area (Å²) >= 11 is 0. The van der Waals surface area contributed by atoms with Gasteiger partial charge in [0.1, 0.15) is 17.5 Å². The summed E-state index contributed by atoms with van der Waals surface area (Å²) < 4.78 is 0. The summed E-state index contributed by atoms with van der Waals surface area (Å²) in [6.45, 7) is 7.63. The van der Waals surface area contributed by atoms with Crippen molar-refractivity contribution in [1.82, 2.24) is 14.9 Å². The summed E-state index contributed by atoms with van der Waals surface area (Å²) in [6, 6.07) is 1.98. The van der Waals surface area contributed by atoms with Crippen LogP contribution in [0.2, 0.25) is 0 Å². The van der Waals surface area contributed by atoms with Gasteiger partial charge in [-0.05, 0) is 32.4 Å². The van der Waals surface area contributed by atoms with Crippen molar-refractivity contribution in [3.05, 3.63) is 11.9 Å². The van der Waals surface area contributed by atoms with Gasteiger partial charge in [0.05, 0.1) is 0 Å². The Morgan fingerprint density at radius 3 is 2.75 bits per heavy atom. The van der Waals surface area contributed by atoms with E-state index in [1.54, 1.807) is 0 Å². The molecule has 1 atom stereocenters. The van der Waals surface area contributed by atoms with E-state index in [1.165, 1.54) is 25.9 Å². The van der Waals surface area contributed by atoms with Crippen molar-refractivity contribution >= 4 is 11.6 Å². The van der Waals surface area contributed by atoms with E-state index < -0.39 is 0 Å². The van der Waals surface area contributed by atoms with Crippen LogP contribution >= 0.6 is 0 Å². The van der Waals surface area contributed by atoms with Gasteiger partial charge in [0.2, 0.25) is 0 Å². The van der Waals surface area contributed by atoms with Gasteiger partial charge in [0.25, 0.3) is 0 Å². The maximum Gasteiger partial charge on any atom is 0.135 e. The Hall–Kier alpha value is -1.36. The van der Waals surface area contributed by atoms with Gasteiger partial charge >= 0.3 is 0 Å². The maximum absolute atomic E-state index is 4.61. The molecule has 0 amide bonds. The molecular weight excluding hydrogens is 250 g/mol. The van der Waals surface area contributed by atoms with Gasteiger partial charge in [-0.25, -0.2) is 9.97 Å². The van der Waals surface area contributed by atoms with E-state index in [0.717, 1.165) is 24.0 Å². The fourth-order valence-electron chi connectivity index (χ4n) is 2.63. The molecule has 112 valence electrons. The summed E-state index contributed by atoms with van der Waals surface area (Å²) in [4.78, 5) is 11.5. The zero-order chi connectivity index (χ0) is 14.5. The van der Waals surface area contributed by atoms with Crippen molar-refractivity contribution in [2.45, 2.75) is 32.6 Å². The monoisotopic (exact) mass is 277 g/mol. The second-order valence-corrected chi connectivity index (χ2v) is 6.05. The van der Waals surface area contributed by atoms with Crippen molar-refractivity contribution in [2.75, 3.05) is 44.4 Å². The Morgan fingerprint density at radius 2 is 2.10 bits per heavy atom. The first-order chi connectivity index (χ1) is 9.58. The summed E-state index contributed by atoms with van der Waals surface area (Å²) in [5.41, 5.74) is 0. The van der Waals surface area contributed by atoms with Gasteiger partial charge in [-0.15, -0.1) is 0 Å². The van der Waals surface area contributed by atoms with Crippen LogP contribution in [0.3, 0.4) is 0 Å². The van der Waals surface area contributed by atoms with E-state index in [1.807, 2.05) is 13.1 Å². The van der Waals surface area contributed by atoms with Crippen LogP contribution in [0.4, 0.5) is 11.6 Å². The second-order valence-electron chi connectivity index (χ2n) is 6.05. The average molecular weight is 277 g/mol. The summed E-state index contributed by atoms with van der Waals surface area (Å²) in [7, 11) is 4.10. The molecule has 5 heteroatoms. The Labute approximate surface area is 122 Å². The molecule has 5 nitrogen and oxygen atoms in total. The Balaban J connectivity index is 1.99. The highest BCUT2D eigenvalue weighted by atomic mass is 15.1. The van der Waals surface area contributed by atoms with E-state index in [4.69, 9.17) is 0 Å². The minimum Gasteiger partial charge on any atom is -0.373 e. The van der Waals surface area contributed by atoms with Crippen molar-refractivity contribution in [3.8, 4) is 0 Å². The Bertz CT molecular complexity index is 432. The second kappa shape index (κ2) is 6.88. The predicted octanol–water partition coefficient (Wildman–Crippen LogP) is 2.40. The van der Waals surface area contributed by atoms with E-state index in [-0.39, 0.29) is 0 Å². The molecule has 0 saturated carbocycles. The number of rotatable bonds is 5. The van der Waals surface area contributed by atoms with E-state index in [0.29, 0.717) is 11.8 Å². The van der Waals surface area contributed by atoms with Gasteiger partial charge in [-0.2, -0.15) is 0 Å². The summed E-state index contributed by atoms with van der Waals surface area (Å²) in [5.74, 6) is 3.75. The molecule has 1 aliphatic heterocycles. The first kappa shape index (κ1) is 15.0. The van der Waals surface area contributed by atoms with Gasteiger partial charge in [-0.1, -0.05) is 13.8 Å². The van der Waals surface area contributed by atoms with Gasteiger partial charge in [0.15, 0.2) is 0 Å². The summed E-state index contributed by atoms with van der Waals surface area (Å²) in [6.07, 6.45) is 2.60. The molecule has 2 heterocycles. The van der Waals surface area contributed by atoms with Crippen LogP contribution in [-0.2, 0) is 0 Å². The molecule has 0 radical (unpaired) electrons. The fourth-order valence-corrected chi connectivity index (χ4v) is 2.63. The average Bonchev–Trinajstić information content (AvgIpc) is 2.45. The minimum atomic E-state index is 0.338. The van der Waals surface area contributed by atoms with Gasteiger partial charge in [-0.3, -0.25) is 0 Å². The molecule has 1 aromatic rings. The lowest BCUT2D eigenvalue weighted by atomic mass is 9.98. The quantitative estimate of drug-likeness (QED) is 0.865. The number of hydrogen-bond acceptors (Lipinski definition) is 5. The highest BCUT2D eigenvalue weighted by molar-refractivity contribution is 5.47. The Morgan fingerprint density at radius 1 is 1.35 bits per heavy atom. The first-order valence-corrected chi connectivity index (χ1v) is 7.57. The van der Waals surface area contributed by atoms with E-state index in [2.05, 4.69) is 46.4 Å². The molecule has 2 rings (SSSR count). The van der Waals surface area contributed by atoms with Crippen LogP contribution in [0.1, 0.15) is 38.4 Å². The Kier molecular flexibility index (Phi) is 5.17. The molecule has 1 aliphatic rings. The highest BCUT2D eigenvalue weighted by Crippen LogP contribution is 2.19. The van der Waals surface area contributed by atoms with Crippen molar-refractivity contribution in [3.63, 3.8) is 0 Å². The molecule has 0 bridgehead atoms. The lowest BCUT2D eigenvalue weighted by Gasteiger charge is -2.29. The minimum absolute atomic E-state index is 0.338. The third-order valence-electron chi connectivity index (χ3n) is 3.81. The van der Waals surface area contributed by atoms with Gasteiger partial charge in [0, 0.05) is 32.1 Å². The lowest BCUT2D eigenvalue weighted by molar-refractivity contribution is 0.217. The number of nitrogens with zero attached hydrogens (tertiary/aromatic N) is 3. The van der Waals surface area contributed by atoms with Crippen LogP contribution < -0.4 is 10.6 Å². The molecule has 0 aliphatic carbocycles. The van der Waals surface area contributed by atoms with Gasteiger partial charge < -0.3 is 15.5 Å². The number of aromatic nitrogens is 2. The standard InChI is InChI=1S/C15H27N5/c1-11(2)15-18-13(16-3)8-14(19-15)17-9-12-6-5-7-20(4)10-12/h8,11-12H,5-7,9-10H2,1-4H3,(H2,16,17,18,19). The van der Waals surface area contributed by atoms with Crippen molar-refractivity contribution < 1.29 is 0 Å². The smallest absolute Gasteiger partial charge is 0.135 e. The van der Waals surface area contributed by atoms with Crippen LogP contribution in [-0.4, -0.2) is 48.6 Å². The molecule has 20 heavy (non-hydrogen) atoms. The van der Waals surface area contributed by atoms with E-state index >= 15 is 0 Å². The zero-order valence-corrected chi connectivity index (χ0v) is 13.1. The molecular formula is C15H27N5. The van der Waals surface area contributed by atoms with Crippen LogP contribution in [0.25, 0.3) is 0 Å². The van der Waals surface area contributed by atoms with Crippen LogP contribution in [0, 0.1) is 5.92 Å². The van der Waals surface area contributed by atoms with Crippen LogP contribution in [0.15, 0.2) is 6.07 Å². The number of piperidine rings is 1. The predicted molar refractivity (Wildman–Crippen MR) is 84.4 cm³/mol. The molecule has 0 spiro atoms. The SMILES string of the molecule is CNc1cc(NCC2CCCN(C)C2)nc(C(C)C)n1.